The molecule has 1 aromatic rings. The highest BCUT2D eigenvalue weighted by Crippen LogP contribution is 2.19. The van der Waals surface area contributed by atoms with Crippen LogP contribution in [0.25, 0.3) is 0 Å². The second kappa shape index (κ2) is 4.45. The van der Waals surface area contributed by atoms with Crippen molar-refractivity contribution in [3.05, 3.63) is 34.4 Å². The number of hydrazine groups is 1. The Balaban J connectivity index is 3.03. The van der Waals surface area contributed by atoms with Crippen molar-refractivity contribution in [2.45, 2.75) is 6.92 Å². The van der Waals surface area contributed by atoms with Gasteiger partial charge in [-0.1, -0.05) is 0 Å². The molecule has 2 N–H and O–H groups in total. The SMILES string of the molecule is CCS(=O)(=O)N(N)c1ccc([N+](=O)[O-])cc1. The van der Waals surface area contributed by atoms with E-state index in [2.05, 4.69) is 0 Å². The zero-order valence-corrected chi connectivity index (χ0v) is 9.35. The maximum atomic E-state index is 11.4. The van der Waals surface area contributed by atoms with E-state index in [0.717, 1.165) is 0 Å². The van der Waals surface area contributed by atoms with E-state index in [0.29, 0.717) is 4.41 Å². The number of hydrogen-bond acceptors (Lipinski definition) is 5. The average Bonchev–Trinajstić information content (AvgIpc) is 2.28. The van der Waals surface area contributed by atoms with Gasteiger partial charge in [-0.3, -0.25) is 10.1 Å². The minimum Gasteiger partial charge on any atom is -0.258 e. The molecule has 1 rings (SSSR count). The molecule has 16 heavy (non-hydrogen) atoms. The van der Waals surface area contributed by atoms with E-state index in [-0.39, 0.29) is 17.1 Å². The molecule has 0 aromatic heterocycles. The van der Waals surface area contributed by atoms with E-state index in [1.165, 1.54) is 31.2 Å². The van der Waals surface area contributed by atoms with E-state index < -0.39 is 14.9 Å². The maximum absolute atomic E-state index is 11.4. The molecule has 7 nitrogen and oxygen atoms in total. The van der Waals surface area contributed by atoms with Gasteiger partial charge in [-0.05, 0) is 19.1 Å². The van der Waals surface area contributed by atoms with Crippen LogP contribution >= 0.6 is 0 Å². The Bertz CT molecular complexity index is 483. The highest BCUT2D eigenvalue weighted by Gasteiger charge is 2.17. The van der Waals surface area contributed by atoms with Crippen LogP contribution in [-0.4, -0.2) is 19.1 Å². The van der Waals surface area contributed by atoms with E-state index >= 15 is 0 Å². The predicted octanol–water partition coefficient (Wildman–Crippen LogP) is 0.625. The van der Waals surface area contributed by atoms with Crippen LogP contribution in [0, 0.1) is 10.1 Å². The molecule has 0 heterocycles. The Morgan fingerprint density at radius 3 is 2.25 bits per heavy atom. The standard InChI is InChI=1S/C8H11N3O4S/c1-2-16(14,15)10(9)7-3-5-8(6-4-7)11(12)13/h3-6H,2,9H2,1H3. The first-order chi connectivity index (χ1) is 7.38. The monoisotopic (exact) mass is 245 g/mol. The fraction of sp³-hybridized carbons (Fsp3) is 0.250. The van der Waals surface area contributed by atoms with Crippen LogP contribution in [0.3, 0.4) is 0 Å². The smallest absolute Gasteiger partial charge is 0.258 e. The number of nitro benzene ring substituents is 1. The van der Waals surface area contributed by atoms with Crippen molar-refractivity contribution >= 4 is 21.4 Å². The lowest BCUT2D eigenvalue weighted by Gasteiger charge is -2.17. The van der Waals surface area contributed by atoms with Gasteiger partial charge in [0.1, 0.15) is 0 Å². The largest absolute Gasteiger partial charge is 0.269 e. The molecule has 0 aliphatic carbocycles. The van der Waals surface area contributed by atoms with Crippen molar-refractivity contribution < 1.29 is 13.3 Å². The van der Waals surface area contributed by atoms with Gasteiger partial charge in [-0.15, -0.1) is 0 Å². The van der Waals surface area contributed by atoms with Gasteiger partial charge >= 0.3 is 0 Å². The van der Waals surface area contributed by atoms with Crippen molar-refractivity contribution in [1.29, 1.82) is 0 Å². The molecule has 0 saturated heterocycles. The minimum atomic E-state index is -3.54. The molecule has 0 atom stereocenters. The van der Waals surface area contributed by atoms with Gasteiger partial charge < -0.3 is 0 Å². The second-order valence-corrected chi connectivity index (χ2v) is 5.10. The van der Waals surface area contributed by atoms with Crippen LogP contribution in [0.15, 0.2) is 24.3 Å². The molecule has 0 aliphatic heterocycles. The number of anilines is 1. The van der Waals surface area contributed by atoms with E-state index in [4.69, 9.17) is 5.84 Å². The third-order valence-corrected chi connectivity index (χ3v) is 3.52. The Morgan fingerprint density at radius 1 is 1.38 bits per heavy atom. The van der Waals surface area contributed by atoms with Crippen molar-refractivity contribution in [1.82, 2.24) is 0 Å². The van der Waals surface area contributed by atoms with Gasteiger partial charge in [0.05, 0.1) is 16.4 Å². The number of non-ortho nitro benzene ring substituents is 1. The van der Waals surface area contributed by atoms with Crippen molar-refractivity contribution in [3.63, 3.8) is 0 Å². The highest BCUT2D eigenvalue weighted by atomic mass is 32.2. The summed E-state index contributed by atoms with van der Waals surface area (Å²) in [6.45, 7) is 1.46. The molecule has 0 radical (unpaired) electrons. The summed E-state index contributed by atoms with van der Waals surface area (Å²) in [5.74, 6) is 5.25. The summed E-state index contributed by atoms with van der Waals surface area (Å²) in [6, 6.07) is 4.96. The number of rotatable bonds is 4. The van der Waals surface area contributed by atoms with E-state index in [1.807, 2.05) is 0 Å². The normalized spacial score (nSPS) is 11.1. The number of nitrogens with two attached hydrogens (primary N) is 1. The van der Waals surface area contributed by atoms with Gasteiger partial charge in [0, 0.05) is 12.1 Å². The fourth-order valence-corrected chi connectivity index (χ4v) is 1.74. The molecule has 8 heteroatoms. The Kier molecular flexibility index (Phi) is 3.45. The molecule has 1 aromatic carbocycles. The molecule has 0 aliphatic rings. The maximum Gasteiger partial charge on any atom is 0.269 e. The Labute approximate surface area is 92.6 Å². The number of sulfonamides is 1. The summed E-state index contributed by atoms with van der Waals surface area (Å²) >= 11 is 0. The van der Waals surface area contributed by atoms with Crippen LogP contribution < -0.4 is 10.3 Å². The number of hydrogen-bond donors (Lipinski definition) is 1. The topological polar surface area (TPSA) is 107 Å². The first-order valence-corrected chi connectivity index (χ1v) is 6.01. The lowest BCUT2D eigenvalue weighted by atomic mass is 10.3. The molecule has 0 spiro atoms. The predicted molar refractivity (Wildman–Crippen MR) is 59.2 cm³/mol. The summed E-state index contributed by atoms with van der Waals surface area (Å²) in [5.41, 5.74) is 0.0681. The zero-order valence-electron chi connectivity index (χ0n) is 8.53. The fourth-order valence-electron chi connectivity index (χ4n) is 1.02. The van der Waals surface area contributed by atoms with Crippen LogP contribution in [0.2, 0.25) is 0 Å². The van der Waals surface area contributed by atoms with E-state index in [9.17, 15) is 18.5 Å². The third-order valence-electron chi connectivity index (χ3n) is 1.98. The second-order valence-electron chi connectivity index (χ2n) is 2.97. The van der Waals surface area contributed by atoms with Crippen molar-refractivity contribution in [2.24, 2.45) is 5.84 Å². The molecule has 0 saturated carbocycles. The Hall–Kier alpha value is -1.67. The summed E-state index contributed by atoms with van der Waals surface area (Å²) in [4.78, 5) is 9.81. The quantitative estimate of drug-likeness (QED) is 0.475. The zero-order chi connectivity index (χ0) is 12.3. The lowest BCUT2D eigenvalue weighted by Crippen LogP contribution is -2.38. The van der Waals surface area contributed by atoms with Crippen LogP contribution in [0.4, 0.5) is 11.4 Å². The molecule has 0 bridgehead atoms. The minimum absolute atomic E-state index is 0.119. The van der Waals surface area contributed by atoms with Gasteiger partial charge in [-0.25, -0.2) is 18.7 Å². The van der Waals surface area contributed by atoms with Gasteiger partial charge in [0.25, 0.3) is 5.69 Å². The van der Waals surface area contributed by atoms with Crippen molar-refractivity contribution in [3.8, 4) is 0 Å². The van der Waals surface area contributed by atoms with E-state index in [1.54, 1.807) is 0 Å². The molecule has 88 valence electrons. The third kappa shape index (κ3) is 2.47. The molecule has 0 amide bonds. The lowest BCUT2D eigenvalue weighted by molar-refractivity contribution is -0.384. The van der Waals surface area contributed by atoms with Crippen LogP contribution in [0.5, 0.6) is 0 Å². The number of nitrogens with zero attached hydrogens (tertiary/aromatic N) is 2. The average molecular weight is 245 g/mol. The van der Waals surface area contributed by atoms with Gasteiger partial charge in [-0.2, -0.15) is 0 Å². The summed E-state index contributed by atoms with van der Waals surface area (Å²) in [6.07, 6.45) is 0. The summed E-state index contributed by atoms with van der Waals surface area (Å²) < 4.78 is 23.4. The van der Waals surface area contributed by atoms with Crippen LogP contribution in [-0.2, 0) is 10.0 Å². The summed E-state index contributed by atoms with van der Waals surface area (Å²) in [7, 11) is -3.54. The number of benzene rings is 1. The first-order valence-electron chi connectivity index (χ1n) is 4.40. The molecular formula is C8H11N3O4S. The molecular weight excluding hydrogens is 234 g/mol. The molecule has 0 unspecified atom stereocenters. The van der Waals surface area contributed by atoms with Gasteiger partial charge in [0.2, 0.25) is 10.0 Å². The van der Waals surface area contributed by atoms with Crippen LogP contribution in [0.1, 0.15) is 6.92 Å². The first kappa shape index (κ1) is 12.4. The summed E-state index contributed by atoms with van der Waals surface area (Å²) in [5, 5.41) is 10.4. The molecule has 0 fully saturated rings. The number of nitro groups is 1. The Morgan fingerprint density at radius 2 is 1.88 bits per heavy atom. The van der Waals surface area contributed by atoms with Crippen molar-refractivity contribution in [2.75, 3.05) is 10.2 Å². The highest BCUT2D eigenvalue weighted by molar-refractivity contribution is 7.92. The van der Waals surface area contributed by atoms with Gasteiger partial charge in [0.15, 0.2) is 0 Å².